The van der Waals surface area contributed by atoms with Crippen LogP contribution >= 0.6 is 0 Å². The summed E-state index contributed by atoms with van der Waals surface area (Å²) in [7, 11) is 0. The highest BCUT2D eigenvalue weighted by molar-refractivity contribution is 5.59. The molecule has 0 unspecified atom stereocenters. The summed E-state index contributed by atoms with van der Waals surface area (Å²) in [6.07, 6.45) is 1.86. The van der Waals surface area contributed by atoms with Gasteiger partial charge < -0.3 is 4.98 Å². The monoisotopic (exact) mass is 278 g/mol. The Morgan fingerprint density at radius 1 is 0.952 bits per heavy atom. The lowest BCUT2D eigenvalue weighted by molar-refractivity contribution is 0.979. The molecule has 3 aromatic rings. The second-order valence-corrected chi connectivity index (χ2v) is 5.41. The number of H-pyrrole nitrogens is 1. The average Bonchev–Trinajstić information content (AvgIpc) is 2.87. The number of aryl methyl sites for hydroxylation is 2. The fourth-order valence-electron chi connectivity index (χ4n) is 2.50. The molecule has 0 amide bonds. The van der Waals surface area contributed by atoms with Crippen molar-refractivity contribution in [3.05, 3.63) is 75.8 Å². The number of hydrogen-bond acceptors (Lipinski definition) is 1. The minimum Gasteiger partial charge on any atom is -0.305 e. The Labute approximate surface area is 123 Å². The molecule has 1 aromatic heterocycles. The van der Waals surface area contributed by atoms with E-state index in [2.05, 4.69) is 25.8 Å². The Hall–Kier alpha value is -2.55. The van der Waals surface area contributed by atoms with Crippen LogP contribution in [0, 0.1) is 20.8 Å². The van der Waals surface area contributed by atoms with Gasteiger partial charge in [-0.3, -0.25) is 4.57 Å². The molecule has 1 N–H and O–H groups in total. The highest BCUT2D eigenvalue weighted by Gasteiger charge is 2.08. The molecule has 21 heavy (non-hydrogen) atoms. The van der Waals surface area contributed by atoms with Gasteiger partial charge in [-0.15, -0.1) is 0 Å². The van der Waals surface area contributed by atoms with Crippen LogP contribution in [-0.2, 0) is 0 Å². The zero-order valence-electron chi connectivity index (χ0n) is 12.5. The first-order valence-corrected chi connectivity index (χ1v) is 7.01. The molecule has 2 aromatic carbocycles. The van der Waals surface area contributed by atoms with Crippen LogP contribution in [0.3, 0.4) is 0 Å². The molecule has 3 nitrogen and oxygen atoms in total. The molecular weight excluding hydrogens is 260 g/mol. The van der Waals surface area contributed by atoms with Crippen LogP contribution in [-0.4, -0.2) is 9.55 Å². The number of hydrogen-bond donors (Lipinski definition) is 1. The van der Waals surface area contributed by atoms with Crippen LogP contribution in [0.25, 0.3) is 16.9 Å². The van der Waals surface area contributed by atoms with Gasteiger partial charge in [-0.2, -0.15) is 0 Å². The van der Waals surface area contributed by atoms with Crippen molar-refractivity contribution in [3.8, 4) is 16.9 Å². The minimum absolute atomic E-state index is 0.114. The highest BCUT2D eigenvalue weighted by Crippen LogP contribution is 2.20. The lowest BCUT2D eigenvalue weighted by Gasteiger charge is -2.09. The van der Waals surface area contributed by atoms with Gasteiger partial charge in [0.05, 0.1) is 11.4 Å². The number of nitrogens with zero attached hydrogens (tertiary/aromatic N) is 1. The predicted octanol–water partition coefficient (Wildman–Crippen LogP) is 3.76. The van der Waals surface area contributed by atoms with Gasteiger partial charge in [-0.25, -0.2) is 4.79 Å². The molecule has 0 spiro atoms. The zero-order valence-corrected chi connectivity index (χ0v) is 12.5. The van der Waals surface area contributed by atoms with Crippen molar-refractivity contribution < 1.29 is 0 Å². The SMILES string of the molecule is Cc1cc(-n2cc(-c3ccccc3)[nH]c2=O)cc(C)c1C. The van der Waals surface area contributed by atoms with Gasteiger partial charge in [0.25, 0.3) is 0 Å². The Morgan fingerprint density at radius 2 is 1.57 bits per heavy atom. The van der Waals surface area contributed by atoms with E-state index in [0.717, 1.165) is 16.9 Å². The maximum absolute atomic E-state index is 12.2. The van der Waals surface area contributed by atoms with E-state index >= 15 is 0 Å². The number of nitrogens with one attached hydrogen (secondary N) is 1. The predicted molar refractivity (Wildman–Crippen MR) is 86.0 cm³/mol. The average molecular weight is 278 g/mol. The van der Waals surface area contributed by atoms with Crippen molar-refractivity contribution in [2.75, 3.05) is 0 Å². The van der Waals surface area contributed by atoms with Crippen LogP contribution in [0.4, 0.5) is 0 Å². The van der Waals surface area contributed by atoms with Crippen molar-refractivity contribution >= 4 is 0 Å². The molecule has 0 aliphatic carbocycles. The van der Waals surface area contributed by atoms with Crippen molar-refractivity contribution in [3.63, 3.8) is 0 Å². The Morgan fingerprint density at radius 3 is 2.19 bits per heavy atom. The van der Waals surface area contributed by atoms with Crippen LogP contribution < -0.4 is 5.69 Å². The fourth-order valence-corrected chi connectivity index (χ4v) is 2.50. The van der Waals surface area contributed by atoms with Gasteiger partial charge in [-0.1, -0.05) is 30.3 Å². The molecule has 3 heteroatoms. The Kier molecular flexibility index (Phi) is 3.26. The van der Waals surface area contributed by atoms with Crippen molar-refractivity contribution in [2.24, 2.45) is 0 Å². The summed E-state index contributed by atoms with van der Waals surface area (Å²) < 4.78 is 1.67. The molecule has 0 atom stereocenters. The van der Waals surface area contributed by atoms with E-state index in [0.29, 0.717) is 0 Å². The third kappa shape index (κ3) is 2.42. The van der Waals surface area contributed by atoms with Gasteiger partial charge >= 0.3 is 5.69 Å². The summed E-state index contributed by atoms with van der Waals surface area (Å²) in [5, 5.41) is 0. The van der Waals surface area contributed by atoms with Gasteiger partial charge in [-0.05, 0) is 55.2 Å². The molecule has 0 saturated carbocycles. The minimum atomic E-state index is -0.114. The highest BCUT2D eigenvalue weighted by atomic mass is 16.1. The first-order valence-electron chi connectivity index (χ1n) is 7.01. The number of aromatic amines is 1. The van der Waals surface area contributed by atoms with Crippen LogP contribution in [0.1, 0.15) is 16.7 Å². The van der Waals surface area contributed by atoms with Gasteiger partial charge in [0.15, 0.2) is 0 Å². The molecule has 0 aliphatic heterocycles. The topological polar surface area (TPSA) is 37.8 Å². The second-order valence-electron chi connectivity index (χ2n) is 5.41. The first-order chi connectivity index (χ1) is 10.1. The van der Waals surface area contributed by atoms with Crippen molar-refractivity contribution in [1.82, 2.24) is 9.55 Å². The standard InChI is InChI=1S/C18H18N2O/c1-12-9-16(10-13(2)14(12)3)20-11-17(19-18(20)21)15-7-5-4-6-8-15/h4-11H,1-3H3,(H,19,21). The molecule has 0 saturated heterocycles. The summed E-state index contributed by atoms with van der Waals surface area (Å²) in [5.41, 5.74) is 6.28. The van der Waals surface area contributed by atoms with Crippen LogP contribution in [0.15, 0.2) is 53.5 Å². The second kappa shape index (κ2) is 5.09. The summed E-state index contributed by atoms with van der Waals surface area (Å²) in [4.78, 5) is 15.1. The fraction of sp³-hybridized carbons (Fsp3) is 0.167. The van der Waals surface area contributed by atoms with E-state index in [4.69, 9.17) is 0 Å². The quantitative estimate of drug-likeness (QED) is 0.761. The van der Waals surface area contributed by atoms with Crippen molar-refractivity contribution in [2.45, 2.75) is 20.8 Å². The maximum Gasteiger partial charge on any atom is 0.330 e. The Balaban J connectivity index is 2.13. The largest absolute Gasteiger partial charge is 0.330 e. The first kappa shape index (κ1) is 13.4. The summed E-state index contributed by atoms with van der Waals surface area (Å²) in [6.45, 7) is 6.24. The van der Waals surface area contributed by atoms with E-state index in [1.165, 1.54) is 16.7 Å². The summed E-state index contributed by atoms with van der Waals surface area (Å²) in [6, 6.07) is 14.0. The summed E-state index contributed by atoms with van der Waals surface area (Å²) in [5.74, 6) is 0. The molecule has 106 valence electrons. The number of rotatable bonds is 2. The normalized spacial score (nSPS) is 10.8. The van der Waals surface area contributed by atoms with Crippen LogP contribution in [0.2, 0.25) is 0 Å². The molecule has 0 bridgehead atoms. The molecular formula is C18H18N2O. The lowest BCUT2D eigenvalue weighted by Crippen LogP contribution is -2.14. The molecule has 0 fully saturated rings. The lowest BCUT2D eigenvalue weighted by atomic mass is 10.0. The zero-order chi connectivity index (χ0) is 15.0. The molecule has 0 aliphatic rings. The van der Waals surface area contributed by atoms with E-state index in [-0.39, 0.29) is 5.69 Å². The van der Waals surface area contributed by atoms with Gasteiger partial charge in [0.1, 0.15) is 0 Å². The smallest absolute Gasteiger partial charge is 0.305 e. The maximum atomic E-state index is 12.2. The number of aromatic nitrogens is 2. The van der Waals surface area contributed by atoms with Gasteiger partial charge in [0.2, 0.25) is 0 Å². The van der Waals surface area contributed by atoms with E-state index in [1.807, 2.05) is 48.7 Å². The molecule has 1 heterocycles. The van der Waals surface area contributed by atoms with E-state index in [1.54, 1.807) is 4.57 Å². The summed E-state index contributed by atoms with van der Waals surface area (Å²) >= 11 is 0. The third-order valence-electron chi connectivity index (χ3n) is 3.99. The third-order valence-corrected chi connectivity index (χ3v) is 3.99. The number of imidazole rings is 1. The van der Waals surface area contributed by atoms with Crippen LogP contribution in [0.5, 0.6) is 0 Å². The van der Waals surface area contributed by atoms with Crippen molar-refractivity contribution in [1.29, 1.82) is 0 Å². The Bertz CT molecular complexity index is 818. The number of benzene rings is 2. The van der Waals surface area contributed by atoms with E-state index < -0.39 is 0 Å². The molecule has 0 radical (unpaired) electrons. The van der Waals surface area contributed by atoms with Gasteiger partial charge in [0, 0.05) is 6.20 Å². The van der Waals surface area contributed by atoms with E-state index in [9.17, 15) is 4.79 Å². The molecule has 3 rings (SSSR count).